The molecule has 4 unspecified atom stereocenters. The number of nitro groups is 1. The lowest BCUT2D eigenvalue weighted by atomic mass is 9.77. The number of carbonyl (C=O) groups is 1. The van der Waals surface area contributed by atoms with E-state index >= 15 is 0 Å². The van der Waals surface area contributed by atoms with Gasteiger partial charge in [-0.05, 0) is 50.8 Å². The molecule has 0 fully saturated rings. The monoisotopic (exact) mass is 670 g/mol. The fourth-order valence-electron chi connectivity index (χ4n) is 5.75. The standard InChI is InChI=1S/C36H50N2O10/c1-7-9-13-19-44-32-22-27(33(45-20-14-10-8-2)35(43-6)34(32)42-5)36(4,24-37)18-17-29(47-25(3)39)28(38(40)41)21-26-23-46-30-15-11-12-16-31(30)48-26/h11-12,15-16,22,26,28-29H,7-10,13-14,17-21,23H2,1-6H3. The first-order valence-electron chi connectivity index (χ1n) is 16.8. The third-order valence-corrected chi connectivity index (χ3v) is 8.42. The van der Waals surface area contributed by atoms with Crippen molar-refractivity contribution in [3.63, 3.8) is 0 Å². The Morgan fingerprint density at radius 2 is 1.69 bits per heavy atom. The number of hydrogen-bond donors (Lipinski definition) is 0. The van der Waals surface area contributed by atoms with Crippen molar-refractivity contribution in [2.75, 3.05) is 34.0 Å². The molecule has 0 bridgehead atoms. The molecule has 2 aromatic rings. The van der Waals surface area contributed by atoms with E-state index in [1.54, 1.807) is 31.2 Å². The molecule has 0 aliphatic carbocycles. The molecule has 264 valence electrons. The van der Waals surface area contributed by atoms with Gasteiger partial charge in [0.1, 0.15) is 12.7 Å². The van der Waals surface area contributed by atoms with Crippen molar-refractivity contribution in [2.45, 2.75) is 109 Å². The van der Waals surface area contributed by atoms with Crippen molar-refractivity contribution < 1.29 is 42.9 Å². The van der Waals surface area contributed by atoms with Crippen LogP contribution in [0.2, 0.25) is 0 Å². The molecule has 0 N–H and O–H groups in total. The van der Waals surface area contributed by atoms with E-state index in [0.717, 1.165) is 38.5 Å². The van der Waals surface area contributed by atoms with E-state index in [2.05, 4.69) is 19.9 Å². The van der Waals surface area contributed by atoms with Gasteiger partial charge in [0.2, 0.25) is 11.5 Å². The van der Waals surface area contributed by atoms with Crippen molar-refractivity contribution >= 4 is 5.97 Å². The maximum Gasteiger partial charge on any atom is 0.303 e. The molecule has 0 radical (unpaired) electrons. The van der Waals surface area contributed by atoms with Crippen LogP contribution in [-0.2, 0) is 14.9 Å². The van der Waals surface area contributed by atoms with Gasteiger partial charge in [-0.25, -0.2) is 0 Å². The Labute approximate surface area is 283 Å². The van der Waals surface area contributed by atoms with Gasteiger partial charge in [0.25, 0.3) is 6.04 Å². The number of benzene rings is 2. The van der Waals surface area contributed by atoms with Gasteiger partial charge in [-0.1, -0.05) is 51.7 Å². The van der Waals surface area contributed by atoms with Crippen molar-refractivity contribution in [2.24, 2.45) is 0 Å². The zero-order chi connectivity index (χ0) is 35.1. The predicted octanol–water partition coefficient (Wildman–Crippen LogP) is 7.21. The number of esters is 1. The van der Waals surface area contributed by atoms with Crippen LogP contribution < -0.4 is 28.4 Å². The molecule has 0 spiro atoms. The van der Waals surface area contributed by atoms with Gasteiger partial charge >= 0.3 is 5.97 Å². The first-order valence-corrected chi connectivity index (χ1v) is 16.8. The SMILES string of the molecule is CCCCCOc1cc(C(C)(C#N)CCC(OC(C)=O)C(CC2COc3ccccc3O2)[N+](=O)[O-])c(OCCCCC)c(OC)c1OC. The number of rotatable bonds is 21. The van der Waals surface area contributed by atoms with E-state index in [1.807, 2.05) is 6.07 Å². The summed E-state index contributed by atoms with van der Waals surface area (Å²) in [5.41, 5.74) is -0.770. The van der Waals surface area contributed by atoms with Crippen LogP contribution in [0.1, 0.15) is 91.0 Å². The van der Waals surface area contributed by atoms with Crippen LogP contribution in [0.25, 0.3) is 0 Å². The Bertz CT molecular complexity index is 1390. The molecule has 12 nitrogen and oxygen atoms in total. The smallest absolute Gasteiger partial charge is 0.303 e. The first kappa shape index (κ1) is 38.1. The Hall–Kier alpha value is -4.40. The van der Waals surface area contributed by atoms with E-state index in [4.69, 9.17) is 33.2 Å². The van der Waals surface area contributed by atoms with Crippen LogP contribution in [0.3, 0.4) is 0 Å². The summed E-state index contributed by atoms with van der Waals surface area (Å²) in [6.45, 7) is 8.06. The van der Waals surface area contributed by atoms with E-state index in [9.17, 15) is 20.2 Å². The highest BCUT2D eigenvalue weighted by Crippen LogP contribution is 2.51. The molecule has 0 saturated carbocycles. The second-order valence-electron chi connectivity index (χ2n) is 12.1. The summed E-state index contributed by atoms with van der Waals surface area (Å²) in [7, 11) is 3.01. The average Bonchev–Trinajstić information content (AvgIpc) is 3.08. The lowest BCUT2D eigenvalue weighted by Gasteiger charge is -2.31. The van der Waals surface area contributed by atoms with E-state index in [1.165, 1.54) is 21.1 Å². The lowest BCUT2D eigenvalue weighted by molar-refractivity contribution is -0.536. The normalized spacial score (nSPS) is 16.1. The summed E-state index contributed by atoms with van der Waals surface area (Å²) < 4.78 is 41.3. The van der Waals surface area contributed by atoms with Crippen molar-refractivity contribution in [3.8, 4) is 40.6 Å². The van der Waals surface area contributed by atoms with E-state index in [-0.39, 0.29) is 25.9 Å². The summed E-state index contributed by atoms with van der Waals surface area (Å²) in [5.74, 6) is 1.78. The zero-order valence-corrected chi connectivity index (χ0v) is 29.1. The van der Waals surface area contributed by atoms with Crippen LogP contribution >= 0.6 is 0 Å². The van der Waals surface area contributed by atoms with E-state index in [0.29, 0.717) is 53.3 Å². The van der Waals surface area contributed by atoms with Gasteiger partial charge in [-0.15, -0.1) is 0 Å². The fraction of sp³-hybridized carbons (Fsp3) is 0.611. The van der Waals surface area contributed by atoms with Crippen LogP contribution in [0.15, 0.2) is 30.3 Å². The first-order chi connectivity index (χ1) is 23.1. The minimum Gasteiger partial charge on any atom is -0.490 e. The third-order valence-electron chi connectivity index (χ3n) is 8.42. The molecule has 1 heterocycles. The maximum absolute atomic E-state index is 12.5. The number of nitriles is 1. The number of hydrogen-bond acceptors (Lipinski definition) is 11. The Morgan fingerprint density at radius 1 is 1.04 bits per heavy atom. The maximum atomic E-state index is 12.5. The molecule has 2 aromatic carbocycles. The highest BCUT2D eigenvalue weighted by Gasteiger charge is 2.42. The average molecular weight is 671 g/mol. The third kappa shape index (κ3) is 10.1. The molecular weight excluding hydrogens is 620 g/mol. The van der Waals surface area contributed by atoms with Crippen molar-refractivity contribution in [1.29, 1.82) is 5.26 Å². The van der Waals surface area contributed by atoms with Gasteiger partial charge in [0.05, 0.1) is 45.3 Å². The molecule has 0 saturated heterocycles. The highest BCUT2D eigenvalue weighted by atomic mass is 16.6. The van der Waals surface area contributed by atoms with Crippen molar-refractivity contribution in [3.05, 3.63) is 46.0 Å². The van der Waals surface area contributed by atoms with Crippen LogP contribution in [0.4, 0.5) is 0 Å². The van der Waals surface area contributed by atoms with Crippen LogP contribution in [-0.4, -0.2) is 63.2 Å². The van der Waals surface area contributed by atoms with Gasteiger partial charge in [-0.2, -0.15) is 5.26 Å². The molecular formula is C36H50N2O10. The lowest BCUT2D eigenvalue weighted by Crippen LogP contribution is -2.43. The van der Waals surface area contributed by atoms with Crippen molar-refractivity contribution in [1.82, 2.24) is 0 Å². The van der Waals surface area contributed by atoms with Gasteiger partial charge in [0.15, 0.2) is 29.1 Å². The summed E-state index contributed by atoms with van der Waals surface area (Å²) >= 11 is 0. The van der Waals surface area contributed by atoms with Gasteiger partial charge < -0.3 is 33.2 Å². The predicted molar refractivity (Wildman–Crippen MR) is 179 cm³/mol. The zero-order valence-electron chi connectivity index (χ0n) is 29.1. The number of para-hydroxylation sites is 2. The molecule has 1 aliphatic rings. The molecule has 12 heteroatoms. The molecule has 1 aliphatic heterocycles. The number of unbranched alkanes of at least 4 members (excludes halogenated alkanes) is 4. The molecule has 48 heavy (non-hydrogen) atoms. The van der Waals surface area contributed by atoms with Crippen LogP contribution in [0, 0.1) is 21.4 Å². The highest BCUT2D eigenvalue weighted by molar-refractivity contribution is 5.66. The minimum absolute atomic E-state index is 0.00968. The number of fused-ring (bicyclic) bond motifs is 1. The van der Waals surface area contributed by atoms with Gasteiger partial charge in [0, 0.05) is 17.4 Å². The molecule has 0 amide bonds. The minimum atomic E-state index is -1.32. The topological polar surface area (TPSA) is 149 Å². The Kier molecular flexibility index (Phi) is 14.9. The van der Waals surface area contributed by atoms with E-state index < -0.39 is 34.6 Å². The number of methoxy groups -OCH3 is 2. The molecule has 0 aromatic heterocycles. The Morgan fingerprint density at radius 3 is 2.27 bits per heavy atom. The Balaban J connectivity index is 1.97. The number of carbonyl (C=O) groups excluding carboxylic acids is 1. The summed E-state index contributed by atoms with van der Waals surface area (Å²) in [5, 5.41) is 23.2. The number of nitrogens with zero attached hydrogens (tertiary/aromatic N) is 2. The summed E-state index contributed by atoms with van der Waals surface area (Å²) in [6, 6.07) is 9.93. The van der Waals surface area contributed by atoms with Gasteiger partial charge in [-0.3, -0.25) is 14.9 Å². The molecule has 4 atom stereocenters. The summed E-state index contributed by atoms with van der Waals surface area (Å²) in [6.07, 6.45) is 3.82. The second kappa shape index (κ2) is 18.8. The molecule has 3 rings (SSSR count). The van der Waals surface area contributed by atoms with Crippen LogP contribution in [0.5, 0.6) is 34.5 Å². The largest absolute Gasteiger partial charge is 0.490 e. The second-order valence-corrected chi connectivity index (χ2v) is 12.1. The fourth-order valence-corrected chi connectivity index (χ4v) is 5.75. The number of ether oxygens (including phenoxy) is 7. The summed E-state index contributed by atoms with van der Waals surface area (Å²) in [4.78, 5) is 24.2. The quantitative estimate of drug-likeness (QED) is 0.0574.